The maximum Gasteiger partial charge on any atom is 0.258 e. The summed E-state index contributed by atoms with van der Waals surface area (Å²) in [5, 5.41) is 0. The molecule has 4 amide bonds. The molecule has 0 unspecified atom stereocenters. The van der Waals surface area contributed by atoms with Crippen LogP contribution in [-0.4, -0.2) is 23.6 Å². The zero-order valence-corrected chi connectivity index (χ0v) is 18.0. The van der Waals surface area contributed by atoms with Crippen LogP contribution in [0.2, 0.25) is 0 Å². The highest BCUT2D eigenvalue weighted by molar-refractivity contribution is 6.28. The summed E-state index contributed by atoms with van der Waals surface area (Å²) >= 11 is 0. The number of allylic oxidation sites excluding steroid dienone is 2. The van der Waals surface area contributed by atoms with Gasteiger partial charge in [0.1, 0.15) is 0 Å². The molecule has 0 bridgehead atoms. The van der Waals surface area contributed by atoms with Gasteiger partial charge in [-0.2, -0.15) is 0 Å². The average Bonchev–Trinajstić information content (AvgIpc) is 3.29. The molecule has 2 aliphatic rings. The smallest absolute Gasteiger partial charge is 0.258 e. The average molecular weight is 426 g/mol. The summed E-state index contributed by atoms with van der Waals surface area (Å²) in [5.74, 6) is -1.16. The Morgan fingerprint density at radius 1 is 0.594 bits per heavy atom. The lowest BCUT2D eigenvalue weighted by Crippen LogP contribution is -2.29. The van der Waals surface area contributed by atoms with E-state index >= 15 is 0 Å². The Morgan fingerprint density at radius 3 is 1.28 bits per heavy atom. The van der Waals surface area contributed by atoms with E-state index in [1.54, 1.807) is 24.3 Å². The second-order valence-corrected chi connectivity index (χ2v) is 7.98. The fourth-order valence-corrected chi connectivity index (χ4v) is 4.10. The second kappa shape index (κ2) is 8.23. The van der Waals surface area contributed by atoms with Gasteiger partial charge in [-0.1, -0.05) is 38.1 Å². The number of benzene rings is 2. The van der Waals surface area contributed by atoms with Crippen molar-refractivity contribution in [2.45, 2.75) is 20.8 Å². The Hall–Kier alpha value is -4.06. The van der Waals surface area contributed by atoms with Crippen molar-refractivity contribution in [2.75, 3.05) is 9.80 Å². The number of carbonyl (C=O) groups is 4. The van der Waals surface area contributed by atoms with Gasteiger partial charge in [0.2, 0.25) is 0 Å². The summed E-state index contributed by atoms with van der Waals surface area (Å²) in [6, 6.07) is 14.7. The van der Waals surface area contributed by atoms with Gasteiger partial charge in [-0.25, -0.2) is 9.80 Å². The van der Waals surface area contributed by atoms with Crippen molar-refractivity contribution in [3.05, 3.63) is 84.0 Å². The van der Waals surface area contributed by atoms with Crippen LogP contribution in [0.1, 0.15) is 31.9 Å². The molecule has 2 aliphatic heterocycles. The summed E-state index contributed by atoms with van der Waals surface area (Å²) < 4.78 is 0. The van der Waals surface area contributed by atoms with E-state index in [0.717, 1.165) is 32.1 Å². The highest BCUT2D eigenvalue weighted by atomic mass is 16.2. The molecule has 2 aromatic rings. The first kappa shape index (κ1) is 21.2. The number of rotatable bonds is 5. The van der Waals surface area contributed by atoms with Crippen molar-refractivity contribution in [3.8, 4) is 0 Å². The van der Waals surface area contributed by atoms with Gasteiger partial charge in [0.15, 0.2) is 0 Å². The van der Waals surface area contributed by atoms with Gasteiger partial charge in [0.05, 0.1) is 11.4 Å². The number of amides is 4. The molecule has 2 aromatic carbocycles. The summed E-state index contributed by atoms with van der Waals surface area (Å²) in [6.07, 6.45) is 5.06. The molecule has 6 heteroatoms. The van der Waals surface area contributed by atoms with Gasteiger partial charge in [-0.05, 0) is 59.4 Å². The van der Waals surface area contributed by atoms with Crippen LogP contribution in [0.5, 0.6) is 0 Å². The Kier molecular flexibility index (Phi) is 5.45. The maximum atomic E-state index is 11.9. The minimum atomic E-state index is -0.344. The highest BCUT2D eigenvalue weighted by Crippen LogP contribution is 2.34. The van der Waals surface area contributed by atoms with E-state index in [2.05, 4.69) is 13.8 Å². The molecule has 0 aliphatic carbocycles. The lowest BCUT2D eigenvalue weighted by Gasteiger charge is -2.20. The molecule has 4 rings (SSSR count). The zero-order valence-electron chi connectivity index (χ0n) is 18.0. The van der Waals surface area contributed by atoms with Gasteiger partial charge < -0.3 is 0 Å². The summed E-state index contributed by atoms with van der Waals surface area (Å²) in [4.78, 5) is 50.0. The fourth-order valence-electron chi connectivity index (χ4n) is 4.10. The van der Waals surface area contributed by atoms with Crippen LogP contribution in [0.25, 0.3) is 11.1 Å². The van der Waals surface area contributed by atoms with Crippen LogP contribution in [0.3, 0.4) is 0 Å². The van der Waals surface area contributed by atoms with Gasteiger partial charge in [0, 0.05) is 24.3 Å². The Bertz CT molecular complexity index is 1180. The van der Waals surface area contributed by atoms with Crippen molar-refractivity contribution in [3.63, 3.8) is 0 Å². The first-order chi connectivity index (χ1) is 15.3. The topological polar surface area (TPSA) is 74.8 Å². The number of hydrogen-bond donors (Lipinski definition) is 0. The molecule has 6 nitrogen and oxygen atoms in total. The first-order valence-corrected chi connectivity index (χ1v) is 10.3. The lowest BCUT2D eigenvalue weighted by atomic mass is 9.88. The molecular weight excluding hydrogens is 404 g/mol. The monoisotopic (exact) mass is 426 g/mol. The molecule has 0 radical (unpaired) electrons. The fraction of sp³-hybridized carbons (Fsp3) is 0.154. The first-order valence-electron chi connectivity index (χ1n) is 10.3. The predicted molar refractivity (Wildman–Crippen MR) is 123 cm³/mol. The summed E-state index contributed by atoms with van der Waals surface area (Å²) in [6.45, 7) is 6.24. The van der Waals surface area contributed by atoms with Gasteiger partial charge in [-0.15, -0.1) is 0 Å². The molecule has 0 spiro atoms. The quantitative estimate of drug-likeness (QED) is 0.532. The Balaban J connectivity index is 1.65. The van der Waals surface area contributed by atoms with Crippen LogP contribution >= 0.6 is 0 Å². The van der Waals surface area contributed by atoms with E-state index in [0.29, 0.717) is 11.4 Å². The molecule has 0 saturated carbocycles. The third kappa shape index (κ3) is 3.71. The van der Waals surface area contributed by atoms with E-state index in [1.165, 1.54) is 24.3 Å². The van der Waals surface area contributed by atoms with Crippen LogP contribution in [0.15, 0.2) is 72.8 Å². The number of imide groups is 2. The van der Waals surface area contributed by atoms with E-state index < -0.39 is 0 Å². The standard InChI is InChI=1S/C26H22N2O4/c1-16(2)26(19-6-10-21(11-7-19)28-24(31)14-15-25(28)32)17(3)18-4-8-20(9-5-18)27-22(29)12-13-23(27)30/h4-16H,1-3H3. The van der Waals surface area contributed by atoms with Gasteiger partial charge >= 0.3 is 0 Å². The largest absolute Gasteiger partial charge is 0.269 e. The van der Waals surface area contributed by atoms with Crippen LogP contribution < -0.4 is 9.80 Å². The number of anilines is 2. The molecule has 0 atom stereocenters. The minimum Gasteiger partial charge on any atom is -0.269 e. The third-order valence-corrected chi connectivity index (χ3v) is 5.59. The van der Waals surface area contributed by atoms with Crippen molar-refractivity contribution in [2.24, 2.45) is 5.92 Å². The number of hydrogen-bond acceptors (Lipinski definition) is 4. The Labute approximate surface area is 186 Å². The van der Waals surface area contributed by atoms with Crippen LogP contribution in [-0.2, 0) is 19.2 Å². The Morgan fingerprint density at radius 2 is 0.938 bits per heavy atom. The molecule has 160 valence electrons. The summed E-state index contributed by atoms with van der Waals surface area (Å²) in [5.41, 5.74) is 5.22. The lowest BCUT2D eigenvalue weighted by molar-refractivity contribution is -0.121. The number of carbonyl (C=O) groups excluding carboxylic acids is 4. The minimum absolute atomic E-state index is 0.211. The van der Waals surface area contributed by atoms with E-state index in [4.69, 9.17) is 0 Å². The van der Waals surface area contributed by atoms with Gasteiger partial charge in [0.25, 0.3) is 23.6 Å². The van der Waals surface area contributed by atoms with E-state index in [9.17, 15) is 19.2 Å². The molecule has 0 aromatic heterocycles. The van der Waals surface area contributed by atoms with E-state index in [1.807, 2.05) is 31.2 Å². The maximum absolute atomic E-state index is 11.9. The molecular formula is C26H22N2O4. The normalized spacial score (nSPS) is 16.6. The molecule has 2 heterocycles. The van der Waals surface area contributed by atoms with Crippen LogP contribution in [0, 0.1) is 5.92 Å². The zero-order chi connectivity index (χ0) is 23.0. The van der Waals surface area contributed by atoms with Crippen molar-refractivity contribution < 1.29 is 19.2 Å². The molecule has 32 heavy (non-hydrogen) atoms. The molecule has 0 saturated heterocycles. The third-order valence-electron chi connectivity index (χ3n) is 5.59. The highest BCUT2D eigenvalue weighted by Gasteiger charge is 2.26. The predicted octanol–water partition coefficient (Wildman–Crippen LogP) is 4.13. The van der Waals surface area contributed by atoms with Gasteiger partial charge in [-0.3, -0.25) is 19.2 Å². The SMILES string of the molecule is CC(=C(c1ccc(N2C(=O)C=CC2=O)cc1)C(C)C)c1ccc(N2C(=O)C=CC2=O)cc1. The summed E-state index contributed by atoms with van der Waals surface area (Å²) in [7, 11) is 0. The van der Waals surface area contributed by atoms with Crippen LogP contribution in [0.4, 0.5) is 11.4 Å². The second-order valence-electron chi connectivity index (χ2n) is 7.98. The van der Waals surface area contributed by atoms with Crippen molar-refractivity contribution in [1.82, 2.24) is 0 Å². The van der Waals surface area contributed by atoms with E-state index in [-0.39, 0.29) is 29.5 Å². The number of nitrogens with zero attached hydrogens (tertiary/aromatic N) is 2. The molecule has 0 N–H and O–H groups in total. The van der Waals surface area contributed by atoms with Crippen molar-refractivity contribution >= 4 is 46.1 Å². The molecule has 0 fully saturated rings. The van der Waals surface area contributed by atoms with Crippen molar-refractivity contribution in [1.29, 1.82) is 0 Å².